The van der Waals surface area contributed by atoms with Crippen LogP contribution in [0.3, 0.4) is 0 Å². The van der Waals surface area contributed by atoms with E-state index in [1.807, 2.05) is 36.2 Å². The first-order chi connectivity index (χ1) is 9.49. The molecule has 5 heteroatoms. The lowest BCUT2D eigenvalue weighted by atomic mass is 10.1. The molecule has 2 rings (SSSR count). The summed E-state index contributed by atoms with van der Waals surface area (Å²) in [5.74, 6) is -0.765. The maximum atomic E-state index is 13.8. The van der Waals surface area contributed by atoms with Gasteiger partial charge in [-0.05, 0) is 29.8 Å². The molecule has 2 aromatic rings. The molecule has 2 aromatic carbocycles. The summed E-state index contributed by atoms with van der Waals surface area (Å²) in [6, 6.07) is 12.1. The number of amidine groups is 1. The molecule has 3 N–H and O–H groups in total. The molecule has 0 saturated heterocycles. The zero-order valence-corrected chi connectivity index (χ0v) is 11.8. The number of nitrogens with zero attached hydrogens (tertiary/aromatic N) is 1. The first-order valence-electron chi connectivity index (χ1n) is 6.07. The molecule has 0 aliphatic heterocycles. The highest BCUT2D eigenvalue weighted by atomic mass is 35.5. The number of halogens is 2. The summed E-state index contributed by atoms with van der Waals surface area (Å²) in [6.07, 6.45) is 0. The van der Waals surface area contributed by atoms with Crippen LogP contribution in [0, 0.1) is 11.2 Å². The van der Waals surface area contributed by atoms with Crippen LogP contribution in [0.25, 0.3) is 0 Å². The Morgan fingerprint density at radius 2 is 1.90 bits per heavy atom. The molecule has 0 aliphatic carbocycles. The highest BCUT2D eigenvalue weighted by Crippen LogP contribution is 2.23. The van der Waals surface area contributed by atoms with Crippen LogP contribution in [-0.4, -0.2) is 12.9 Å². The van der Waals surface area contributed by atoms with Crippen molar-refractivity contribution in [2.75, 3.05) is 11.9 Å². The standard InChI is InChI=1S/C15H15ClFN3/c1-20(9-10-5-7-11(16)8-6-10)13-4-2-3-12(17)14(13)15(18)19/h2-8H,9H2,1H3,(H3,18,19). The van der Waals surface area contributed by atoms with Crippen LogP contribution < -0.4 is 10.6 Å². The van der Waals surface area contributed by atoms with Gasteiger partial charge in [-0.1, -0.05) is 29.8 Å². The fourth-order valence-corrected chi connectivity index (χ4v) is 2.17. The fourth-order valence-electron chi connectivity index (χ4n) is 2.05. The molecule has 20 heavy (non-hydrogen) atoms. The summed E-state index contributed by atoms with van der Waals surface area (Å²) in [7, 11) is 1.83. The minimum absolute atomic E-state index is 0.129. The number of hydrogen-bond donors (Lipinski definition) is 2. The molecule has 0 saturated carbocycles. The monoisotopic (exact) mass is 291 g/mol. The van der Waals surface area contributed by atoms with Crippen molar-refractivity contribution >= 4 is 23.1 Å². The molecule has 0 aliphatic rings. The van der Waals surface area contributed by atoms with Gasteiger partial charge in [0, 0.05) is 18.6 Å². The average molecular weight is 292 g/mol. The van der Waals surface area contributed by atoms with E-state index in [2.05, 4.69) is 0 Å². The van der Waals surface area contributed by atoms with Gasteiger partial charge in [0.25, 0.3) is 0 Å². The molecule has 0 fully saturated rings. The molecule has 104 valence electrons. The van der Waals surface area contributed by atoms with E-state index < -0.39 is 5.82 Å². The van der Waals surface area contributed by atoms with Gasteiger partial charge in [-0.2, -0.15) is 0 Å². The van der Waals surface area contributed by atoms with Crippen molar-refractivity contribution in [3.8, 4) is 0 Å². The van der Waals surface area contributed by atoms with Crippen molar-refractivity contribution in [3.05, 3.63) is 64.4 Å². The first kappa shape index (κ1) is 14.3. The van der Waals surface area contributed by atoms with Crippen molar-refractivity contribution in [1.29, 1.82) is 5.41 Å². The number of nitrogen functional groups attached to an aromatic ring is 1. The molecule has 3 nitrogen and oxygen atoms in total. The van der Waals surface area contributed by atoms with Crippen molar-refractivity contribution in [1.82, 2.24) is 0 Å². The zero-order valence-electron chi connectivity index (χ0n) is 11.0. The normalized spacial score (nSPS) is 10.3. The maximum absolute atomic E-state index is 13.8. The van der Waals surface area contributed by atoms with E-state index in [-0.39, 0.29) is 11.4 Å². The number of anilines is 1. The number of hydrogen-bond acceptors (Lipinski definition) is 2. The first-order valence-corrected chi connectivity index (χ1v) is 6.45. The second-order valence-electron chi connectivity index (χ2n) is 4.53. The topological polar surface area (TPSA) is 53.1 Å². The van der Waals surface area contributed by atoms with Crippen LogP contribution in [0.5, 0.6) is 0 Å². The zero-order chi connectivity index (χ0) is 14.7. The molecule has 0 radical (unpaired) electrons. The second-order valence-corrected chi connectivity index (χ2v) is 4.97. The maximum Gasteiger partial charge on any atom is 0.136 e. The van der Waals surface area contributed by atoms with Gasteiger partial charge in [-0.25, -0.2) is 4.39 Å². The Hall–Kier alpha value is -2.07. The molecule has 0 heterocycles. The van der Waals surface area contributed by atoms with E-state index in [9.17, 15) is 4.39 Å². The second kappa shape index (κ2) is 5.92. The minimum Gasteiger partial charge on any atom is -0.384 e. The summed E-state index contributed by atoms with van der Waals surface area (Å²) >= 11 is 5.84. The summed E-state index contributed by atoms with van der Waals surface area (Å²) in [6.45, 7) is 0.570. The van der Waals surface area contributed by atoms with Gasteiger partial charge in [-0.15, -0.1) is 0 Å². The third kappa shape index (κ3) is 3.08. The largest absolute Gasteiger partial charge is 0.384 e. The SMILES string of the molecule is CN(Cc1ccc(Cl)cc1)c1cccc(F)c1C(=N)N. The Balaban J connectivity index is 2.29. The average Bonchev–Trinajstić information content (AvgIpc) is 2.40. The fraction of sp³-hybridized carbons (Fsp3) is 0.133. The van der Waals surface area contributed by atoms with E-state index in [1.165, 1.54) is 6.07 Å². The van der Waals surface area contributed by atoms with E-state index in [4.69, 9.17) is 22.7 Å². The Morgan fingerprint density at radius 1 is 1.25 bits per heavy atom. The van der Waals surface area contributed by atoms with Gasteiger partial charge in [0.1, 0.15) is 11.7 Å². The lowest BCUT2D eigenvalue weighted by molar-refractivity contribution is 0.624. The smallest absolute Gasteiger partial charge is 0.136 e. The molecule has 0 amide bonds. The Kier molecular flexibility index (Phi) is 4.25. The quantitative estimate of drug-likeness (QED) is 0.670. The molecular weight excluding hydrogens is 277 g/mol. The lowest BCUT2D eigenvalue weighted by Crippen LogP contribution is -2.23. The predicted molar refractivity (Wildman–Crippen MR) is 81.0 cm³/mol. The van der Waals surface area contributed by atoms with E-state index in [1.54, 1.807) is 12.1 Å². The van der Waals surface area contributed by atoms with Crippen LogP contribution in [0.1, 0.15) is 11.1 Å². The van der Waals surface area contributed by atoms with Gasteiger partial charge >= 0.3 is 0 Å². The predicted octanol–water partition coefficient (Wildman–Crippen LogP) is 3.40. The highest BCUT2D eigenvalue weighted by molar-refractivity contribution is 6.30. The number of nitrogens with two attached hydrogens (primary N) is 1. The summed E-state index contributed by atoms with van der Waals surface area (Å²) in [5, 5.41) is 8.18. The molecule has 0 unspecified atom stereocenters. The molecule has 0 aromatic heterocycles. The summed E-state index contributed by atoms with van der Waals surface area (Å²) < 4.78 is 13.8. The highest BCUT2D eigenvalue weighted by Gasteiger charge is 2.14. The van der Waals surface area contributed by atoms with Gasteiger partial charge in [-0.3, -0.25) is 5.41 Å². The number of nitrogens with one attached hydrogen (secondary N) is 1. The van der Waals surface area contributed by atoms with E-state index in [0.29, 0.717) is 17.3 Å². The number of rotatable bonds is 4. The molecule has 0 spiro atoms. The lowest BCUT2D eigenvalue weighted by Gasteiger charge is -2.22. The van der Waals surface area contributed by atoms with Crippen molar-refractivity contribution in [3.63, 3.8) is 0 Å². The van der Waals surface area contributed by atoms with E-state index in [0.717, 1.165) is 5.56 Å². The molecule has 0 bridgehead atoms. The third-order valence-corrected chi connectivity index (χ3v) is 3.26. The van der Waals surface area contributed by atoms with Gasteiger partial charge in [0.15, 0.2) is 0 Å². The van der Waals surface area contributed by atoms with Crippen molar-refractivity contribution in [2.45, 2.75) is 6.54 Å². The van der Waals surface area contributed by atoms with Crippen LogP contribution in [0.4, 0.5) is 10.1 Å². The minimum atomic E-state index is -0.488. The number of benzene rings is 2. The van der Waals surface area contributed by atoms with Gasteiger partial charge in [0.2, 0.25) is 0 Å². The van der Waals surface area contributed by atoms with Gasteiger partial charge in [0.05, 0.1) is 11.3 Å². The van der Waals surface area contributed by atoms with Gasteiger partial charge < -0.3 is 10.6 Å². The van der Waals surface area contributed by atoms with Crippen molar-refractivity contribution in [2.24, 2.45) is 5.73 Å². The third-order valence-electron chi connectivity index (χ3n) is 3.01. The van der Waals surface area contributed by atoms with Crippen LogP contribution in [0.2, 0.25) is 5.02 Å². The summed E-state index contributed by atoms with van der Waals surface area (Å²) in [4.78, 5) is 1.85. The van der Waals surface area contributed by atoms with Crippen LogP contribution >= 0.6 is 11.6 Å². The summed E-state index contributed by atoms with van der Waals surface area (Å²) in [5.41, 5.74) is 7.22. The molecule has 0 atom stereocenters. The van der Waals surface area contributed by atoms with E-state index >= 15 is 0 Å². The van der Waals surface area contributed by atoms with Crippen LogP contribution in [0.15, 0.2) is 42.5 Å². The van der Waals surface area contributed by atoms with Crippen molar-refractivity contribution < 1.29 is 4.39 Å². The Bertz CT molecular complexity index is 626. The van der Waals surface area contributed by atoms with Crippen LogP contribution in [-0.2, 0) is 6.54 Å². The Labute approximate surface area is 122 Å². The molecular formula is C15H15ClFN3. The Morgan fingerprint density at radius 3 is 2.50 bits per heavy atom.